The number of carbonyl (C=O) groups excluding carboxylic acids is 1. The van der Waals surface area contributed by atoms with Gasteiger partial charge in [-0.2, -0.15) is 0 Å². The number of thiocarbonyl (C=S) groups is 1. The molecule has 2 aromatic carbocycles. The highest BCUT2D eigenvalue weighted by atomic mass is 32.2. The third-order valence-electron chi connectivity index (χ3n) is 3.69. The van der Waals surface area contributed by atoms with Crippen LogP contribution in [0.25, 0.3) is 17.1 Å². The molecule has 3 aromatic rings. The Morgan fingerprint density at radius 2 is 1.76 bits per heavy atom. The number of carbonyl (C=O) groups is 1. The number of phenols is 1. The summed E-state index contributed by atoms with van der Waals surface area (Å²) in [5.74, 6) is -0.0399. The maximum absolute atomic E-state index is 12.7. The largest absolute Gasteiger partial charge is 0.508 e. The van der Waals surface area contributed by atoms with Gasteiger partial charge in [0.2, 0.25) is 0 Å². The number of hydrogen-bond donors (Lipinski definition) is 1. The number of rotatable bonds is 2. The van der Waals surface area contributed by atoms with Crippen LogP contribution in [-0.2, 0) is 4.79 Å². The topological polar surface area (TPSA) is 66.3 Å². The monoisotopic (exact) mass is 365 g/mol. The Kier molecular flexibility index (Phi) is 3.95. The van der Waals surface area contributed by atoms with E-state index in [-0.39, 0.29) is 11.7 Å². The van der Waals surface area contributed by atoms with Gasteiger partial charge in [-0.25, -0.2) is 0 Å². The molecule has 1 saturated heterocycles. The Morgan fingerprint density at radius 3 is 2.52 bits per heavy atom. The third-order valence-corrected chi connectivity index (χ3v) is 4.99. The molecule has 0 spiro atoms. The first kappa shape index (κ1) is 15.7. The van der Waals surface area contributed by atoms with Gasteiger partial charge in [0, 0.05) is 12.4 Å². The van der Waals surface area contributed by atoms with Gasteiger partial charge in [-0.15, -0.1) is 0 Å². The fourth-order valence-corrected chi connectivity index (χ4v) is 3.81. The molecular weight excluding hydrogens is 354 g/mol. The Labute approximate surface area is 153 Å². The van der Waals surface area contributed by atoms with E-state index < -0.39 is 0 Å². The second-order valence-electron chi connectivity index (χ2n) is 5.34. The van der Waals surface area contributed by atoms with E-state index in [0.29, 0.717) is 14.9 Å². The molecule has 0 unspecified atom stereocenters. The van der Waals surface area contributed by atoms with Crippen molar-refractivity contribution in [2.24, 2.45) is 0 Å². The molecule has 122 valence electrons. The number of hydrogen-bond acceptors (Lipinski definition) is 6. The molecule has 1 N–H and O–H groups in total. The zero-order chi connectivity index (χ0) is 17.4. The normalized spacial score (nSPS) is 16.2. The summed E-state index contributed by atoms with van der Waals surface area (Å²) >= 11 is 6.60. The quantitative estimate of drug-likeness (QED) is 0.551. The van der Waals surface area contributed by atoms with E-state index in [9.17, 15) is 9.90 Å². The van der Waals surface area contributed by atoms with E-state index in [1.807, 2.05) is 18.2 Å². The molecule has 5 nitrogen and oxygen atoms in total. The summed E-state index contributed by atoms with van der Waals surface area (Å²) in [6.45, 7) is 0. The highest BCUT2D eigenvalue weighted by Crippen LogP contribution is 2.36. The van der Waals surface area contributed by atoms with Crippen LogP contribution in [0, 0.1) is 0 Å². The molecule has 2 heterocycles. The Morgan fingerprint density at radius 1 is 1.04 bits per heavy atom. The first-order valence-corrected chi connectivity index (χ1v) is 8.62. The van der Waals surface area contributed by atoms with Crippen molar-refractivity contribution in [2.45, 2.75) is 0 Å². The second-order valence-corrected chi connectivity index (χ2v) is 7.01. The van der Waals surface area contributed by atoms with Gasteiger partial charge >= 0.3 is 0 Å². The molecular formula is C18H11N3O2S2. The highest BCUT2D eigenvalue weighted by Gasteiger charge is 2.33. The van der Waals surface area contributed by atoms with Gasteiger partial charge < -0.3 is 5.11 Å². The van der Waals surface area contributed by atoms with Gasteiger partial charge in [0.15, 0.2) is 4.32 Å². The predicted octanol–water partition coefficient (Wildman–Crippen LogP) is 3.74. The lowest BCUT2D eigenvalue weighted by Gasteiger charge is -2.14. The van der Waals surface area contributed by atoms with Gasteiger partial charge in [0.05, 0.1) is 21.6 Å². The van der Waals surface area contributed by atoms with Crippen molar-refractivity contribution < 1.29 is 9.90 Å². The van der Waals surface area contributed by atoms with Gasteiger partial charge in [0.25, 0.3) is 5.91 Å². The molecule has 1 aromatic heterocycles. The Hall–Kier alpha value is -2.77. The number of nitrogens with zero attached hydrogens (tertiary/aromatic N) is 3. The Balaban J connectivity index is 1.68. The molecule has 25 heavy (non-hydrogen) atoms. The standard InChI is InChI=1S/C18H11N3O2S2/c22-13-4-2-12(3-5-13)21-17(23)16(25-18(21)24)10-11-1-6-14-15(9-11)20-8-7-19-14/h1-10,22H/b16-10-. The van der Waals surface area contributed by atoms with Gasteiger partial charge in [-0.05, 0) is 48.0 Å². The number of amides is 1. The maximum Gasteiger partial charge on any atom is 0.270 e. The van der Waals surface area contributed by atoms with Crippen LogP contribution >= 0.6 is 24.0 Å². The number of benzene rings is 2. The van der Waals surface area contributed by atoms with Gasteiger partial charge in [-0.1, -0.05) is 30.0 Å². The van der Waals surface area contributed by atoms with E-state index >= 15 is 0 Å². The molecule has 1 aliphatic rings. The molecule has 0 aliphatic carbocycles. The van der Waals surface area contributed by atoms with Crippen molar-refractivity contribution in [1.82, 2.24) is 9.97 Å². The highest BCUT2D eigenvalue weighted by molar-refractivity contribution is 8.27. The predicted molar refractivity (Wildman–Crippen MR) is 103 cm³/mol. The maximum atomic E-state index is 12.7. The minimum Gasteiger partial charge on any atom is -0.508 e. The van der Waals surface area contributed by atoms with Crippen LogP contribution in [-0.4, -0.2) is 25.3 Å². The first-order chi connectivity index (χ1) is 12.1. The van der Waals surface area contributed by atoms with Gasteiger partial charge in [0.1, 0.15) is 5.75 Å². The van der Waals surface area contributed by atoms with Crippen LogP contribution in [0.4, 0.5) is 5.69 Å². The fourth-order valence-electron chi connectivity index (χ4n) is 2.51. The molecule has 4 rings (SSSR count). The number of phenolic OH excluding ortho intramolecular Hbond substituents is 1. The fraction of sp³-hybridized carbons (Fsp3) is 0. The average Bonchev–Trinajstić information content (AvgIpc) is 2.89. The van der Waals surface area contributed by atoms with Crippen molar-refractivity contribution in [2.75, 3.05) is 4.90 Å². The third kappa shape index (κ3) is 2.99. The number of aromatic hydroxyl groups is 1. The van der Waals surface area contributed by atoms with E-state index in [4.69, 9.17) is 12.2 Å². The number of fused-ring (bicyclic) bond motifs is 1. The van der Waals surface area contributed by atoms with Crippen LogP contribution in [0.3, 0.4) is 0 Å². The van der Waals surface area contributed by atoms with Crippen molar-refractivity contribution in [1.29, 1.82) is 0 Å². The second kappa shape index (κ2) is 6.27. The van der Waals surface area contributed by atoms with E-state index in [1.165, 1.54) is 28.8 Å². The van der Waals surface area contributed by atoms with Crippen molar-refractivity contribution in [3.05, 3.63) is 65.3 Å². The number of aromatic nitrogens is 2. The minimum atomic E-state index is -0.181. The number of thioether (sulfide) groups is 1. The van der Waals surface area contributed by atoms with E-state index in [1.54, 1.807) is 30.6 Å². The van der Waals surface area contributed by atoms with Crippen molar-refractivity contribution in [3.63, 3.8) is 0 Å². The molecule has 1 aliphatic heterocycles. The van der Waals surface area contributed by atoms with Crippen LogP contribution in [0.2, 0.25) is 0 Å². The van der Waals surface area contributed by atoms with Crippen LogP contribution < -0.4 is 4.90 Å². The summed E-state index contributed by atoms with van der Waals surface area (Å²) in [5.41, 5.74) is 3.06. The lowest BCUT2D eigenvalue weighted by molar-refractivity contribution is -0.113. The van der Waals surface area contributed by atoms with Crippen LogP contribution in [0.15, 0.2) is 59.8 Å². The zero-order valence-electron chi connectivity index (χ0n) is 12.8. The summed E-state index contributed by atoms with van der Waals surface area (Å²) in [5, 5.41) is 9.40. The molecule has 0 atom stereocenters. The molecule has 1 amide bonds. The molecule has 1 fully saturated rings. The molecule has 7 heteroatoms. The molecule has 0 saturated carbocycles. The van der Waals surface area contributed by atoms with E-state index in [2.05, 4.69) is 9.97 Å². The summed E-state index contributed by atoms with van der Waals surface area (Å²) < 4.78 is 0.461. The van der Waals surface area contributed by atoms with Crippen molar-refractivity contribution >= 4 is 57.0 Å². The summed E-state index contributed by atoms with van der Waals surface area (Å²) in [4.78, 5) is 23.2. The Bertz CT molecular complexity index is 1030. The minimum absolute atomic E-state index is 0.141. The summed E-state index contributed by atoms with van der Waals surface area (Å²) in [7, 11) is 0. The van der Waals surface area contributed by atoms with Crippen LogP contribution in [0.5, 0.6) is 5.75 Å². The van der Waals surface area contributed by atoms with E-state index in [0.717, 1.165) is 16.6 Å². The van der Waals surface area contributed by atoms with Gasteiger partial charge in [-0.3, -0.25) is 19.7 Å². The first-order valence-electron chi connectivity index (χ1n) is 7.39. The summed E-state index contributed by atoms with van der Waals surface area (Å²) in [6, 6.07) is 12.0. The lowest BCUT2D eigenvalue weighted by Crippen LogP contribution is -2.27. The summed E-state index contributed by atoms with van der Waals surface area (Å²) in [6.07, 6.45) is 5.08. The van der Waals surface area contributed by atoms with Crippen molar-refractivity contribution in [3.8, 4) is 5.75 Å². The lowest BCUT2D eigenvalue weighted by atomic mass is 10.1. The SMILES string of the molecule is O=C1/C(=C/c2ccc3nccnc3c2)SC(=S)N1c1ccc(O)cc1. The number of anilines is 1. The smallest absolute Gasteiger partial charge is 0.270 e. The molecule has 0 radical (unpaired) electrons. The average molecular weight is 365 g/mol. The zero-order valence-corrected chi connectivity index (χ0v) is 14.4. The molecule has 0 bridgehead atoms. The van der Waals surface area contributed by atoms with Crippen LogP contribution in [0.1, 0.15) is 5.56 Å².